The van der Waals surface area contributed by atoms with Gasteiger partial charge < -0.3 is 20.9 Å². The fourth-order valence-electron chi connectivity index (χ4n) is 1.90. The van der Waals surface area contributed by atoms with E-state index in [2.05, 4.69) is 5.32 Å². The van der Waals surface area contributed by atoms with Crippen LogP contribution in [0.25, 0.3) is 0 Å². The normalized spacial score (nSPS) is 10.2. The first kappa shape index (κ1) is 14.9. The van der Waals surface area contributed by atoms with Crippen molar-refractivity contribution in [2.45, 2.75) is 13.2 Å². The average Bonchev–Trinajstić information content (AvgIpc) is 2.53. The van der Waals surface area contributed by atoms with Gasteiger partial charge in [-0.15, -0.1) is 0 Å². The molecule has 5 nitrogen and oxygen atoms in total. The number of methoxy groups -OCH3 is 1. The van der Waals surface area contributed by atoms with E-state index in [-0.39, 0.29) is 12.5 Å². The summed E-state index contributed by atoms with van der Waals surface area (Å²) >= 11 is 0. The second-order valence-corrected chi connectivity index (χ2v) is 4.61. The first-order chi connectivity index (χ1) is 10.1. The van der Waals surface area contributed by atoms with Gasteiger partial charge in [0.2, 0.25) is 0 Å². The van der Waals surface area contributed by atoms with Crippen molar-refractivity contribution in [1.82, 2.24) is 5.32 Å². The molecule has 0 aliphatic carbocycles. The van der Waals surface area contributed by atoms with Crippen LogP contribution in [-0.2, 0) is 13.2 Å². The van der Waals surface area contributed by atoms with Crippen molar-refractivity contribution in [2.24, 2.45) is 0 Å². The molecule has 2 rings (SSSR count). The number of anilines is 1. The molecule has 21 heavy (non-hydrogen) atoms. The lowest BCUT2D eigenvalue weighted by Crippen LogP contribution is -2.23. The molecule has 110 valence electrons. The lowest BCUT2D eigenvalue weighted by molar-refractivity contribution is 0.0951. The van der Waals surface area contributed by atoms with Gasteiger partial charge in [0, 0.05) is 12.2 Å². The number of amides is 1. The zero-order valence-corrected chi connectivity index (χ0v) is 11.8. The highest BCUT2D eigenvalue weighted by atomic mass is 16.5. The molecule has 0 fully saturated rings. The molecule has 2 aromatic rings. The second-order valence-electron chi connectivity index (χ2n) is 4.61. The molecule has 5 heteroatoms. The van der Waals surface area contributed by atoms with Crippen LogP contribution in [0.15, 0.2) is 42.5 Å². The molecular weight excluding hydrogens is 268 g/mol. The maximum Gasteiger partial charge on any atom is 0.253 e. The van der Waals surface area contributed by atoms with Crippen molar-refractivity contribution in [3.05, 3.63) is 59.2 Å². The van der Waals surface area contributed by atoms with Crippen molar-refractivity contribution in [2.75, 3.05) is 12.8 Å². The van der Waals surface area contributed by atoms with Gasteiger partial charge in [-0.25, -0.2) is 0 Å². The van der Waals surface area contributed by atoms with Gasteiger partial charge in [0.15, 0.2) is 0 Å². The van der Waals surface area contributed by atoms with E-state index < -0.39 is 0 Å². The smallest absolute Gasteiger partial charge is 0.253 e. The maximum absolute atomic E-state index is 12.1. The molecule has 2 aromatic carbocycles. The molecule has 0 bridgehead atoms. The van der Waals surface area contributed by atoms with Crippen molar-refractivity contribution in [1.29, 1.82) is 0 Å². The summed E-state index contributed by atoms with van der Waals surface area (Å²) < 4.78 is 5.09. The number of carbonyl (C=O) groups is 1. The lowest BCUT2D eigenvalue weighted by atomic mass is 10.1. The van der Waals surface area contributed by atoms with Crippen molar-refractivity contribution < 1.29 is 14.6 Å². The van der Waals surface area contributed by atoms with Gasteiger partial charge in [-0.1, -0.05) is 24.3 Å². The Kier molecular flexibility index (Phi) is 4.79. The van der Waals surface area contributed by atoms with Crippen molar-refractivity contribution in [3.63, 3.8) is 0 Å². The number of ether oxygens (including phenoxy) is 1. The second kappa shape index (κ2) is 6.76. The standard InChI is InChI=1S/C16H18N2O3/c1-21-13-6-7-15(17)14(8-13)16(20)18-9-11-2-4-12(10-19)5-3-11/h2-8,19H,9-10,17H2,1H3,(H,18,20). The Bertz CT molecular complexity index is 624. The van der Waals surface area contributed by atoms with Crippen LogP contribution >= 0.6 is 0 Å². The zero-order chi connectivity index (χ0) is 15.2. The van der Waals surface area contributed by atoms with Crippen LogP contribution in [0.2, 0.25) is 0 Å². The van der Waals surface area contributed by atoms with Crippen molar-refractivity contribution >= 4 is 11.6 Å². The van der Waals surface area contributed by atoms with E-state index in [1.165, 1.54) is 7.11 Å². The highest BCUT2D eigenvalue weighted by Gasteiger charge is 2.10. The van der Waals surface area contributed by atoms with Crippen LogP contribution < -0.4 is 15.8 Å². The van der Waals surface area contributed by atoms with Crippen LogP contribution in [0.5, 0.6) is 5.75 Å². The van der Waals surface area contributed by atoms with E-state index in [1.54, 1.807) is 18.2 Å². The fraction of sp³-hybridized carbons (Fsp3) is 0.188. The monoisotopic (exact) mass is 286 g/mol. The largest absolute Gasteiger partial charge is 0.497 e. The molecule has 4 N–H and O–H groups in total. The number of hydrogen-bond donors (Lipinski definition) is 3. The topological polar surface area (TPSA) is 84.6 Å². The first-order valence-corrected chi connectivity index (χ1v) is 6.54. The summed E-state index contributed by atoms with van der Waals surface area (Å²) in [6.45, 7) is 0.397. The Labute approximate surface area is 123 Å². The summed E-state index contributed by atoms with van der Waals surface area (Å²) in [5, 5.41) is 11.8. The van der Waals surface area contributed by atoms with Gasteiger partial charge >= 0.3 is 0 Å². The molecule has 0 saturated heterocycles. The summed E-state index contributed by atoms with van der Waals surface area (Å²) in [4.78, 5) is 12.1. The lowest BCUT2D eigenvalue weighted by Gasteiger charge is -2.09. The van der Waals surface area contributed by atoms with E-state index in [0.29, 0.717) is 23.5 Å². The quantitative estimate of drug-likeness (QED) is 0.730. The predicted octanol–water partition coefficient (Wildman–Crippen LogP) is 1.70. The molecule has 0 aliphatic rings. The number of nitrogen functional groups attached to an aromatic ring is 1. The summed E-state index contributed by atoms with van der Waals surface area (Å²) in [5.74, 6) is 0.333. The van der Waals surface area contributed by atoms with Gasteiger partial charge in [-0.2, -0.15) is 0 Å². The Morgan fingerprint density at radius 1 is 1.19 bits per heavy atom. The fourth-order valence-corrected chi connectivity index (χ4v) is 1.90. The number of rotatable bonds is 5. The third-order valence-electron chi connectivity index (χ3n) is 3.16. The average molecular weight is 286 g/mol. The first-order valence-electron chi connectivity index (χ1n) is 6.54. The van der Waals surface area contributed by atoms with Crippen LogP contribution in [0.4, 0.5) is 5.69 Å². The SMILES string of the molecule is COc1ccc(N)c(C(=O)NCc2ccc(CO)cc2)c1. The molecule has 0 radical (unpaired) electrons. The minimum absolute atomic E-state index is 0.00693. The van der Waals surface area contributed by atoms with E-state index in [1.807, 2.05) is 24.3 Å². The van der Waals surface area contributed by atoms with E-state index >= 15 is 0 Å². The Balaban J connectivity index is 2.04. The number of aliphatic hydroxyl groups excluding tert-OH is 1. The molecule has 0 atom stereocenters. The third kappa shape index (κ3) is 3.73. The molecule has 0 spiro atoms. The Morgan fingerprint density at radius 2 is 1.86 bits per heavy atom. The molecular formula is C16H18N2O3. The Hall–Kier alpha value is -2.53. The summed E-state index contributed by atoms with van der Waals surface area (Å²) in [6.07, 6.45) is 0. The minimum atomic E-state index is -0.252. The number of aliphatic hydroxyl groups is 1. The highest BCUT2D eigenvalue weighted by Crippen LogP contribution is 2.19. The Morgan fingerprint density at radius 3 is 2.48 bits per heavy atom. The molecule has 0 saturated carbocycles. The van der Waals surface area contributed by atoms with Gasteiger partial charge in [0.25, 0.3) is 5.91 Å². The molecule has 0 aromatic heterocycles. The third-order valence-corrected chi connectivity index (χ3v) is 3.16. The summed E-state index contributed by atoms with van der Waals surface area (Å²) in [6, 6.07) is 12.3. The van der Waals surface area contributed by atoms with Crippen molar-refractivity contribution in [3.8, 4) is 5.75 Å². The van der Waals surface area contributed by atoms with Crippen LogP contribution in [0.1, 0.15) is 21.5 Å². The number of carbonyl (C=O) groups excluding carboxylic acids is 1. The molecule has 1 amide bonds. The van der Waals surface area contributed by atoms with Gasteiger partial charge in [-0.05, 0) is 29.3 Å². The van der Waals surface area contributed by atoms with E-state index in [4.69, 9.17) is 15.6 Å². The van der Waals surface area contributed by atoms with Gasteiger partial charge in [0.1, 0.15) is 5.75 Å². The van der Waals surface area contributed by atoms with Crippen LogP contribution in [-0.4, -0.2) is 18.1 Å². The molecule has 0 heterocycles. The van der Waals surface area contributed by atoms with E-state index in [9.17, 15) is 4.79 Å². The maximum atomic E-state index is 12.1. The van der Waals surface area contributed by atoms with Crippen LogP contribution in [0, 0.1) is 0 Å². The predicted molar refractivity (Wildman–Crippen MR) is 80.9 cm³/mol. The van der Waals surface area contributed by atoms with Crippen LogP contribution in [0.3, 0.4) is 0 Å². The highest BCUT2D eigenvalue weighted by molar-refractivity contribution is 5.99. The minimum Gasteiger partial charge on any atom is -0.497 e. The number of benzene rings is 2. The van der Waals surface area contributed by atoms with Gasteiger partial charge in [-0.3, -0.25) is 4.79 Å². The number of nitrogens with two attached hydrogens (primary N) is 1. The van der Waals surface area contributed by atoms with Gasteiger partial charge in [0.05, 0.1) is 19.3 Å². The number of hydrogen-bond acceptors (Lipinski definition) is 4. The number of nitrogens with one attached hydrogen (secondary N) is 1. The molecule has 0 unspecified atom stereocenters. The molecule has 0 aliphatic heterocycles. The summed E-state index contributed by atoms with van der Waals surface area (Å²) in [7, 11) is 1.54. The zero-order valence-electron chi connectivity index (χ0n) is 11.8. The summed E-state index contributed by atoms with van der Waals surface area (Å²) in [5.41, 5.74) is 8.39. The van der Waals surface area contributed by atoms with E-state index in [0.717, 1.165) is 11.1 Å².